The molecule has 0 heterocycles. The Bertz CT molecular complexity index is 789. The Balaban J connectivity index is 2.33. The van der Waals surface area contributed by atoms with Gasteiger partial charge in [-0.3, -0.25) is 9.59 Å². The van der Waals surface area contributed by atoms with E-state index in [0.717, 1.165) is 0 Å². The van der Waals surface area contributed by atoms with E-state index in [0.29, 0.717) is 5.56 Å². The lowest BCUT2D eigenvalue weighted by Gasteiger charge is -2.20. The molecule has 3 N–H and O–H groups in total. The van der Waals surface area contributed by atoms with Crippen molar-refractivity contribution < 1.29 is 24.9 Å². The Morgan fingerprint density at radius 1 is 0.905 bits per heavy atom. The molecule has 1 aliphatic rings. The van der Waals surface area contributed by atoms with E-state index in [1.807, 2.05) is 0 Å². The monoisotopic (exact) mass is 284 g/mol. The van der Waals surface area contributed by atoms with Crippen molar-refractivity contribution in [3.8, 4) is 11.5 Å². The zero-order valence-corrected chi connectivity index (χ0v) is 11.1. The number of phenolic OH excluding ortho intramolecular Hbond substituents is 2. The predicted molar refractivity (Wildman–Crippen MR) is 73.7 cm³/mol. The van der Waals surface area contributed by atoms with Gasteiger partial charge in [0.25, 0.3) is 0 Å². The van der Waals surface area contributed by atoms with Crippen molar-refractivity contribution in [2.45, 2.75) is 13.0 Å². The molecule has 1 atom stereocenters. The summed E-state index contributed by atoms with van der Waals surface area (Å²) in [5, 5.41) is 29.4. The average Bonchev–Trinajstić information content (AvgIpc) is 2.43. The van der Waals surface area contributed by atoms with E-state index in [4.69, 9.17) is 0 Å². The number of phenols is 2. The number of aromatic hydroxyl groups is 2. The van der Waals surface area contributed by atoms with Crippen LogP contribution < -0.4 is 0 Å². The van der Waals surface area contributed by atoms with E-state index in [1.165, 1.54) is 37.3 Å². The van der Waals surface area contributed by atoms with Crippen molar-refractivity contribution in [2.75, 3.05) is 0 Å². The summed E-state index contributed by atoms with van der Waals surface area (Å²) in [4.78, 5) is 24.9. The number of carbonyl (C=O) groups is 2. The molecule has 3 rings (SSSR count). The summed E-state index contributed by atoms with van der Waals surface area (Å²) >= 11 is 0. The number of hydrogen-bond acceptors (Lipinski definition) is 5. The molecule has 21 heavy (non-hydrogen) atoms. The molecule has 2 aromatic rings. The van der Waals surface area contributed by atoms with Crippen LogP contribution in [0.4, 0.5) is 0 Å². The fourth-order valence-electron chi connectivity index (χ4n) is 2.55. The molecule has 0 fully saturated rings. The van der Waals surface area contributed by atoms with Crippen molar-refractivity contribution in [3.05, 3.63) is 58.1 Å². The van der Waals surface area contributed by atoms with Crippen molar-refractivity contribution in [3.63, 3.8) is 0 Å². The smallest absolute Gasteiger partial charge is 0.201 e. The molecule has 1 unspecified atom stereocenters. The van der Waals surface area contributed by atoms with E-state index >= 15 is 0 Å². The average molecular weight is 284 g/mol. The van der Waals surface area contributed by atoms with Gasteiger partial charge >= 0.3 is 0 Å². The second kappa shape index (κ2) is 4.43. The molecular weight excluding hydrogens is 272 g/mol. The summed E-state index contributed by atoms with van der Waals surface area (Å²) in [5.74, 6) is -1.74. The summed E-state index contributed by atoms with van der Waals surface area (Å²) in [5.41, 5.74) is 0.230. The maximum Gasteiger partial charge on any atom is 0.201 e. The fourth-order valence-corrected chi connectivity index (χ4v) is 2.55. The molecule has 0 amide bonds. The summed E-state index contributed by atoms with van der Waals surface area (Å²) in [6.07, 6.45) is -0.880. The summed E-state index contributed by atoms with van der Waals surface area (Å²) in [6, 6.07) is 6.88. The van der Waals surface area contributed by atoms with Gasteiger partial charge in [-0.05, 0) is 30.7 Å². The van der Waals surface area contributed by atoms with Crippen molar-refractivity contribution in [1.82, 2.24) is 0 Å². The van der Waals surface area contributed by atoms with Crippen LogP contribution in [0.1, 0.15) is 50.4 Å². The topological polar surface area (TPSA) is 94.8 Å². The molecular formula is C16H12O5. The Morgan fingerprint density at radius 3 is 2.24 bits per heavy atom. The van der Waals surface area contributed by atoms with Crippen molar-refractivity contribution >= 4 is 11.6 Å². The van der Waals surface area contributed by atoms with Gasteiger partial charge in [0.1, 0.15) is 11.5 Å². The number of fused-ring (bicyclic) bond motifs is 2. The van der Waals surface area contributed by atoms with Gasteiger partial charge < -0.3 is 15.3 Å². The first kappa shape index (κ1) is 13.3. The molecule has 0 aromatic heterocycles. The molecule has 1 aliphatic carbocycles. The van der Waals surface area contributed by atoms with Crippen LogP contribution in [0.15, 0.2) is 30.3 Å². The minimum absolute atomic E-state index is 0.0361. The molecule has 0 spiro atoms. The molecule has 0 bridgehead atoms. The van der Waals surface area contributed by atoms with Crippen LogP contribution in [-0.2, 0) is 0 Å². The Morgan fingerprint density at radius 2 is 1.57 bits per heavy atom. The highest BCUT2D eigenvalue weighted by Crippen LogP contribution is 2.37. The number of hydrogen-bond donors (Lipinski definition) is 3. The third-order valence-corrected chi connectivity index (χ3v) is 3.61. The quantitative estimate of drug-likeness (QED) is 0.634. The predicted octanol–water partition coefficient (Wildman–Crippen LogP) is 1.93. The summed E-state index contributed by atoms with van der Waals surface area (Å²) in [7, 11) is 0. The highest BCUT2D eigenvalue weighted by molar-refractivity contribution is 6.30. The van der Waals surface area contributed by atoms with Gasteiger partial charge in [-0.15, -0.1) is 0 Å². The molecule has 0 aliphatic heterocycles. The zero-order valence-electron chi connectivity index (χ0n) is 11.1. The molecule has 5 nitrogen and oxygen atoms in total. The SMILES string of the molecule is CC(O)c1cc(O)c2c(c1)C(=O)c1cccc(O)c1C2=O. The molecule has 0 radical (unpaired) electrons. The second-order valence-electron chi connectivity index (χ2n) is 5.00. The highest BCUT2D eigenvalue weighted by atomic mass is 16.3. The largest absolute Gasteiger partial charge is 0.507 e. The number of rotatable bonds is 1. The normalized spacial score (nSPS) is 14.6. The van der Waals surface area contributed by atoms with Crippen molar-refractivity contribution in [2.24, 2.45) is 0 Å². The van der Waals surface area contributed by atoms with Gasteiger partial charge in [0.2, 0.25) is 5.78 Å². The van der Waals surface area contributed by atoms with Gasteiger partial charge in [0, 0.05) is 11.1 Å². The molecule has 5 heteroatoms. The van der Waals surface area contributed by atoms with Crippen LogP contribution in [-0.4, -0.2) is 26.9 Å². The number of benzene rings is 2. The standard InChI is InChI=1S/C16H12O5/c1-7(17)8-5-10-14(12(19)6-8)16(21)13-9(15(10)20)3-2-4-11(13)18/h2-7,17-19H,1H3. The van der Waals surface area contributed by atoms with Crippen LogP contribution >= 0.6 is 0 Å². The summed E-state index contributed by atoms with van der Waals surface area (Å²) < 4.78 is 0. The Labute approximate surface area is 120 Å². The van der Waals surface area contributed by atoms with Crippen molar-refractivity contribution in [1.29, 1.82) is 0 Å². The van der Waals surface area contributed by atoms with Crippen LogP contribution in [0.2, 0.25) is 0 Å². The van der Waals surface area contributed by atoms with Gasteiger partial charge in [0.05, 0.1) is 17.2 Å². The van der Waals surface area contributed by atoms with E-state index in [9.17, 15) is 24.9 Å². The zero-order chi connectivity index (χ0) is 15.3. The third-order valence-electron chi connectivity index (χ3n) is 3.61. The lowest BCUT2D eigenvalue weighted by molar-refractivity contribution is 0.0973. The third kappa shape index (κ3) is 1.82. The maximum absolute atomic E-state index is 12.5. The van der Waals surface area contributed by atoms with E-state index < -0.39 is 17.7 Å². The second-order valence-corrected chi connectivity index (χ2v) is 5.00. The van der Waals surface area contributed by atoms with Crippen LogP contribution in [0.5, 0.6) is 11.5 Å². The molecule has 0 saturated heterocycles. The summed E-state index contributed by atoms with van der Waals surface area (Å²) in [6.45, 7) is 1.50. The minimum Gasteiger partial charge on any atom is -0.507 e. The highest BCUT2D eigenvalue weighted by Gasteiger charge is 2.34. The Hall–Kier alpha value is -2.66. The lowest BCUT2D eigenvalue weighted by Crippen LogP contribution is -2.21. The molecule has 106 valence electrons. The van der Waals surface area contributed by atoms with Gasteiger partial charge in [-0.2, -0.15) is 0 Å². The van der Waals surface area contributed by atoms with Crippen LogP contribution in [0, 0.1) is 0 Å². The minimum atomic E-state index is -0.880. The molecule has 0 saturated carbocycles. The first-order valence-corrected chi connectivity index (χ1v) is 6.38. The fraction of sp³-hybridized carbons (Fsp3) is 0.125. The number of ketones is 2. The van der Waals surface area contributed by atoms with Gasteiger partial charge in [0.15, 0.2) is 5.78 Å². The lowest BCUT2D eigenvalue weighted by atomic mass is 9.82. The van der Waals surface area contributed by atoms with Crippen LogP contribution in [0.25, 0.3) is 0 Å². The number of aliphatic hydroxyl groups is 1. The first-order chi connectivity index (χ1) is 9.91. The number of carbonyl (C=O) groups excluding carboxylic acids is 2. The number of aliphatic hydroxyl groups excluding tert-OH is 1. The van der Waals surface area contributed by atoms with Crippen LogP contribution in [0.3, 0.4) is 0 Å². The molecule has 2 aromatic carbocycles. The Kier molecular flexibility index (Phi) is 2.81. The van der Waals surface area contributed by atoms with E-state index in [1.54, 1.807) is 0 Å². The van der Waals surface area contributed by atoms with E-state index in [2.05, 4.69) is 0 Å². The maximum atomic E-state index is 12.5. The van der Waals surface area contributed by atoms with Gasteiger partial charge in [-0.25, -0.2) is 0 Å². The van der Waals surface area contributed by atoms with E-state index in [-0.39, 0.29) is 33.8 Å². The van der Waals surface area contributed by atoms with Gasteiger partial charge in [-0.1, -0.05) is 12.1 Å². The first-order valence-electron chi connectivity index (χ1n) is 6.38.